The van der Waals surface area contributed by atoms with Crippen molar-refractivity contribution < 1.29 is 22.3 Å². The Morgan fingerprint density at radius 1 is 1.27 bits per heavy atom. The fourth-order valence-electron chi connectivity index (χ4n) is 2.58. The van der Waals surface area contributed by atoms with E-state index in [4.69, 9.17) is 4.74 Å². The van der Waals surface area contributed by atoms with E-state index in [0.29, 0.717) is 29.3 Å². The van der Waals surface area contributed by atoms with Gasteiger partial charge in [-0.1, -0.05) is 0 Å². The molecule has 1 saturated heterocycles. The standard InChI is InChI=1S/C17H19FN2O4S2/c1-10-6-12(4-5-14(10)18)19-16(21)13-7-15(25-11(13)2)26(22,23)20-17(3)8-24-9-17/h4-7,20H,8-9H2,1-3H3,(H,19,21). The zero-order valence-electron chi connectivity index (χ0n) is 14.6. The molecule has 0 spiro atoms. The van der Waals surface area contributed by atoms with E-state index in [0.717, 1.165) is 11.3 Å². The number of carbonyl (C=O) groups is 1. The lowest BCUT2D eigenvalue weighted by atomic mass is 10.0. The minimum absolute atomic E-state index is 0.0727. The van der Waals surface area contributed by atoms with Gasteiger partial charge in [-0.15, -0.1) is 11.3 Å². The molecule has 0 atom stereocenters. The molecule has 1 aliphatic heterocycles. The number of aryl methyl sites for hydroxylation is 2. The Labute approximate surface area is 155 Å². The fraction of sp³-hybridized carbons (Fsp3) is 0.353. The highest BCUT2D eigenvalue weighted by atomic mass is 32.2. The van der Waals surface area contributed by atoms with E-state index in [-0.39, 0.29) is 15.6 Å². The number of hydrogen-bond donors (Lipinski definition) is 2. The van der Waals surface area contributed by atoms with Crippen molar-refractivity contribution in [1.29, 1.82) is 0 Å². The zero-order chi connectivity index (χ0) is 19.1. The Morgan fingerprint density at radius 2 is 1.96 bits per heavy atom. The van der Waals surface area contributed by atoms with Gasteiger partial charge in [0.15, 0.2) is 0 Å². The number of ether oxygens (including phenoxy) is 1. The van der Waals surface area contributed by atoms with Crippen LogP contribution in [0.1, 0.15) is 27.7 Å². The SMILES string of the molecule is Cc1cc(NC(=O)c2cc(S(=O)(=O)NC3(C)COC3)sc2C)ccc1F. The molecule has 1 amide bonds. The van der Waals surface area contributed by atoms with Gasteiger partial charge in [-0.05, 0) is 50.6 Å². The van der Waals surface area contributed by atoms with Crippen LogP contribution in [0, 0.1) is 19.7 Å². The van der Waals surface area contributed by atoms with Gasteiger partial charge in [0.1, 0.15) is 10.0 Å². The van der Waals surface area contributed by atoms with Crippen molar-refractivity contribution in [3.8, 4) is 0 Å². The minimum atomic E-state index is -3.74. The molecule has 1 aromatic carbocycles. The van der Waals surface area contributed by atoms with Crippen molar-refractivity contribution in [3.05, 3.63) is 46.1 Å². The monoisotopic (exact) mass is 398 g/mol. The van der Waals surface area contributed by atoms with Crippen molar-refractivity contribution in [1.82, 2.24) is 4.72 Å². The van der Waals surface area contributed by atoms with E-state index in [9.17, 15) is 17.6 Å². The first-order chi connectivity index (χ1) is 12.1. The summed E-state index contributed by atoms with van der Waals surface area (Å²) in [6, 6.07) is 5.60. The molecule has 26 heavy (non-hydrogen) atoms. The highest BCUT2D eigenvalue weighted by molar-refractivity contribution is 7.91. The van der Waals surface area contributed by atoms with Gasteiger partial charge in [-0.2, -0.15) is 4.72 Å². The van der Waals surface area contributed by atoms with Gasteiger partial charge in [-0.25, -0.2) is 12.8 Å². The van der Waals surface area contributed by atoms with Crippen LogP contribution in [0.15, 0.2) is 28.5 Å². The minimum Gasteiger partial charge on any atom is -0.377 e. The highest BCUT2D eigenvalue weighted by Crippen LogP contribution is 2.29. The molecule has 1 aromatic heterocycles. The molecule has 2 heterocycles. The second-order valence-corrected chi connectivity index (χ2v) is 9.78. The molecule has 1 aliphatic rings. The maximum absolute atomic E-state index is 13.3. The van der Waals surface area contributed by atoms with Crippen molar-refractivity contribution >= 4 is 33.0 Å². The van der Waals surface area contributed by atoms with Gasteiger partial charge in [0, 0.05) is 10.6 Å². The molecule has 140 valence electrons. The molecule has 1 fully saturated rings. The lowest BCUT2D eigenvalue weighted by Crippen LogP contribution is -2.59. The number of sulfonamides is 1. The number of anilines is 1. The number of rotatable bonds is 5. The molecular weight excluding hydrogens is 379 g/mol. The summed E-state index contributed by atoms with van der Waals surface area (Å²) in [5, 5.41) is 2.67. The summed E-state index contributed by atoms with van der Waals surface area (Å²) in [4.78, 5) is 13.1. The fourth-order valence-corrected chi connectivity index (χ4v) is 5.39. The Balaban J connectivity index is 1.80. The van der Waals surface area contributed by atoms with Crippen molar-refractivity contribution in [2.45, 2.75) is 30.5 Å². The summed E-state index contributed by atoms with van der Waals surface area (Å²) in [6.07, 6.45) is 0. The van der Waals surface area contributed by atoms with E-state index in [1.807, 2.05) is 0 Å². The topological polar surface area (TPSA) is 84.5 Å². The van der Waals surface area contributed by atoms with Gasteiger partial charge in [0.2, 0.25) is 0 Å². The van der Waals surface area contributed by atoms with Crippen LogP contribution >= 0.6 is 11.3 Å². The van der Waals surface area contributed by atoms with E-state index in [1.54, 1.807) is 20.8 Å². The van der Waals surface area contributed by atoms with Crippen LogP contribution in [-0.2, 0) is 14.8 Å². The van der Waals surface area contributed by atoms with Gasteiger partial charge in [0.05, 0.1) is 24.3 Å². The molecule has 9 heteroatoms. The number of amides is 1. The number of hydrogen-bond acceptors (Lipinski definition) is 5. The Kier molecular flexibility index (Phi) is 4.91. The van der Waals surface area contributed by atoms with Crippen molar-refractivity contribution in [2.75, 3.05) is 18.5 Å². The Morgan fingerprint density at radius 3 is 2.54 bits per heavy atom. The number of carbonyl (C=O) groups excluding carboxylic acids is 1. The normalized spacial score (nSPS) is 16.2. The first-order valence-corrected chi connectivity index (χ1v) is 10.2. The number of benzene rings is 1. The largest absolute Gasteiger partial charge is 0.377 e. The summed E-state index contributed by atoms with van der Waals surface area (Å²) in [5.74, 6) is -0.799. The third-order valence-corrected chi connectivity index (χ3v) is 7.20. The number of halogens is 1. The van der Waals surface area contributed by atoms with Gasteiger partial charge in [0.25, 0.3) is 15.9 Å². The quantitative estimate of drug-likeness (QED) is 0.811. The zero-order valence-corrected chi connectivity index (χ0v) is 16.2. The number of nitrogens with one attached hydrogen (secondary N) is 2. The molecule has 0 radical (unpaired) electrons. The average molecular weight is 398 g/mol. The average Bonchev–Trinajstić information content (AvgIpc) is 2.92. The predicted molar refractivity (Wildman–Crippen MR) is 97.7 cm³/mol. The van der Waals surface area contributed by atoms with Crippen molar-refractivity contribution in [2.24, 2.45) is 0 Å². The predicted octanol–water partition coefficient (Wildman–Crippen LogP) is 2.82. The summed E-state index contributed by atoms with van der Waals surface area (Å²) in [5.41, 5.74) is 0.506. The lowest BCUT2D eigenvalue weighted by Gasteiger charge is -2.37. The second kappa shape index (κ2) is 6.73. The molecule has 3 rings (SSSR count). The van der Waals surface area contributed by atoms with Crippen LogP contribution in [-0.4, -0.2) is 33.1 Å². The van der Waals surface area contributed by atoms with E-state index in [1.165, 1.54) is 24.3 Å². The third kappa shape index (κ3) is 3.80. The van der Waals surface area contributed by atoms with Gasteiger partial charge in [-0.3, -0.25) is 4.79 Å². The van der Waals surface area contributed by atoms with E-state index in [2.05, 4.69) is 10.0 Å². The lowest BCUT2D eigenvalue weighted by molar-refractivity contribution is -0.0523. The van der Waals surface area contributed by atoms with Crippen LogP contribution in [0.2, 0.25) is 0 Å². The smallest absolute Gasteiger partial charge is 0.256 e. The third-order valence-electron chi connectivity index (χ3n) is 4.04. The van der Waals surface area contributed by atoms with Crippen molar-refractivity contribution in [3.63, 3.8) is 0 Å². The van der Waals surface area contributed by atoms with Crippen LogP contribution in [0.25, 0.3) is 0 Å². The molecule has 2 aromatic rings. The molecule has 6 nitrogen and oxygen atoms in total. The maximum Gasteiger partial charge on any atom is 0.256 e. The second-order valence-electron chi connectivity index (χ2n) is 6.61. The molecule has 0 bridgehead atoms. The molecule has 0 unspecified atom stereocenters. The highest BCUT2D eigenvalue weighted by Gasteiger charge is 2.38. The van der Waals surface area contributed by atoms with E-state index < -0.39 is 21.5 Å². The van der Waals surface area contributed by atoms with Crippen LogP contribution in [0.4, 0.5) is 10.1 Å². The summed E-state index contributed by atoms with van der Waals surface area (Å²) in [6.45, 7) is 5.67. The van der Waals surface area contributed by atoms with Gasteiger partial charge >= 0.3 is 0 Å². The summed E-state index contributed by atoms with van der Waals surface area (Å²) >= 11 is 1.03. The first kappa shape index (κ1) is 19.0. The maximum atomic E-state index is 13.3. The summed E-state index contributed by atoms with van der Waals surface area (Å²) in [7, 11) is -3.74. The molecule has 2 N–H and O–H groups in total. The summed E-state index contributed by atoms with van der Waals surface area (Å²) < 4.78 is 46.2. The van der Waals surface area contributed by atoms with Gasteiger partial charge < -0.3 is 10.1 Å². The Hall–Kier alpha value is -1.81. The molecule has 0 saturated carbocycles. The van der Waals surface area contributed by atoms with Crippen LogP contribution in [0.3, 0.4) is 0 Å². The number of thiophene rings is 1. The van der Waals surface area contributed by atoms with Crippen LogP contribution < -0.4 is 10.0 Å². The van der Waals surface area contributed by atoms with Crippen LogP contribution in [0.5, 0.6) is 0 Å². The van der Waals surface area contributed by atoms with E-state index >= 15 is 0 Å². The molecular formula is C17H19FN2O4S2. The Bertz CT molecular complexity index is 965. The first-order valence-electron chi connectivity index (χ1n) is 7.89. The molecule has 0 aliphatic carbocycles.